The molecule has 0 bridgehead atoms. The number of rotatable bonds is 5. The minimum Gasteiger partial charge on any atom is -0.322 e. The first-order valence-corrected chi connectivity index (χ1v) is 8.83. The number of aromatic nitrogens is 2. The van der Waals surface area contributed by atoms with Gasteiger partial charge in [-0.1, -0.05) is 78.9 Å². The van der Waals surface area contributed by atoms with Gasteiger partial charge in [-0.2, -0.15) is 5.10 Å². The van der Waals surface area contributed by atoms with Crippen LogP contribution in [0.3, 0.4) is 0 Å². The number of nitrogens with zero attached hydrogens (tertiary/aromatic N) is 2. The van der Waals surface area contributed by atoms with E-state index in [1.54, 1.807) is 0 Å². The molecule has 4 heteroatoms. The third kappa shape index (κ3) is 3.96. The molecule has 1 amide bonds. The average molecular weight is 353 g/mol. The monoisotopic (exact) mass is 353 g/mol. The molecule has 0 aliphatic rings. The summed E-state index contributed by atoms with van der Waals surface area (Å²) in [7, 11) is 0. The summed E-state index contributed by atoms with van der Waals surface area (Å²) in [6.07, 6.45) is 1.81. The molecule has 0 unspecified atom stereocenters. The fraction of sp³-hybridized carbons (Fsp3) is 0.0435. The van der Waals surface area contributed by atoms with Gasteiger partial charge in [0.1, 0.15) is 5.69 Å². The van der Waals surface area contributed by atoms with Crippen molar-refractivity contribution in [3.05, 3.63) is 108 Å². The maximum Gasteiger partial charge on any atom is 0.259 e. The molecular weight excluding hydrogens is 334 g/mol. The fourth-order valence-electron chi connectivity index (χ4n) is 2.97. The van der Waals surface area contributed by atoms with Crippen LogP contribution in [-0.4, -0.2) is 15.7 Å². The van der Waals surface area contributed by atoms with Crippen molar-refractivity contribution in [3.63, 3.8) is 0 Å². The number of carbonyl (C=O) groups excluding carboxylic acids is 1. The Kier molecular flexibility index (Phi) is 4.79. The summed E-state index contributed by atoms with van der Waals surface area (Å²) >= 11 is 0. The Morgan fingerprint density at radius 3 is 2.07 bits per heavy atom. The van der Waals surface area contributed by atoms with Gasteiger partial charge in [0.05, 0.1) is 12.1 Å². The molecule has 0 atom stereocenters. The Balaban J connectivity index is 1.69. The second kappa shape index (κ2) is 7.70. The van der Waals surface area contributed by atoms with Crippen LogP contribution in [-0.2, 0) is 6.54 Å². The van der Waals surface area contributed by atoms with Crippen LogP contribution >= 0.6 is 0 Å². The van der Waals surface area contributed by atoms with Gasteiger partial charge in [-0.25, -0.2) is 0 Å². The summed E-state index contributed by atoms with van der Waals surface area (Å²) in [5.41, 5.74) is 4.05. The van der Waals surface area contributed by atoms with Crippen LogP contribution in [0.25, 0.3) is 11.3 Å². The van der Waals surface area contributed by atoms with Crippen LogP contribution < -0.4 is 5.32 Å². The zero-order chi connectivity index (χ0) is 18.5. The second-order valence-electron chi connectivity index (χ2n) is 6.26. The van der Waals surface area contributed by atoms with E-state index in [-0.39, 0.29) is 5.91 Å². The average Bonchev–Trinajstić information content (AvgIpc) is 3.14. The summed E-state index contributed by atoms with van der Waals surface area (Å²) in [5, 5.41) is 7.65. The number of para-hydroxylation sites is 1. The van der Waals surface area contributed by atoms with Gasteiger partial charge < -0.3 is 5.32 Å². The van der Waals surface area contributed by atoms with Crippen LogP contribution in [0, 0.1) is 0 Å². The first-order chi connectivity index (χ1) is 13.3. The lowest BCUT2D eigenvalue weighted by Crippen LogP contribution is -2.12. The Morgan fingerprint density at radius 1 is 0.815 bits per heavy atom. The highest BCUT2D eigenvalue weighted by Gasteiger charge is 2.18. The Morgan fingerprint density at radius 2 is 1.41 bits per heavy atom. The molecule has 0 radical (unpaired) electrons. The predicted octanol–water partition coefficient (Wildman–Crippen LogP) is 4.85. The molecule has 0 fully saturated rings. The van der Waals surface area contributed by atoms with E-state index < -0.39 is 0 Å². The lowest BCUT2D eigenvalue weighted by molar-refractivity contribution is 0.102. The summed E-state index contributed by atoms with van der Waals surface area (Å²) < 4.78 is 1.82. The number of hydrogen-bond donors (Lipinski definition) is 1. The van der Waals surface area contributed by atoms with Crippen LogP contribution in [0.4, 0.5) is 5.69 Å². The highest BCUT2D eigenvalue weighted by Crippen LogP contribution is 2.23. The molecule has 4 nitrogen and oxygen atoms in total. The van der Waals surface area contributed by atoms with Crippen molar-refractivity contribution in [2.75, 3.05) is 5.32 Å². The lowest BCUT2D eigenvalue weighted by atomic mass is 10.1. The van der Waals surface area contributed by atoms with Gasteiger partial charge in [0.15, 0.2) is 0 Å². The van der Waals surface area contributed by atoms with E-state index in [9.17, 15) is 4.79 Å². The minimum absolute atomic E-state index is 0.167. The zero-order valence-electron chi connectivity index (χ0n) is 14.7. The van der Waals surface area contributed by atoms with E-state index in [0.29, 0.717) is 17.8 Å². The smallest absolute Gasteiger partial charge is 0.259 e. The number of amides is 1. The molecule has 3 aromatic carbocycles. The van der Waals surface area contributed by atoms with Gasteiger partial charge in [-0.15, -0.1) is 0 Å². The van der Waals surface area contributed by atoms with Crippen LogP contribution in [0.5, 0.6) is 0 Å². The Bertz CT molecular complexity index is 1030. The van der Waals surface area contributed by atoms with Gasteiger partial charge >= 0.3 is 0 Å². The minimum atomic E-state index is -0.167. The van der Waals surface area contributed by atoms with E-state index in [4.69, 9.17) is 5.10 Å². The fourth-order valence-corrected chi connectivity index (χ4v) is 2.97. The number of nitrogens with one attached hydrogen (secondary N) is 1. The third-order valence-electron chi connectivity index (χ3n) is 4.27. The van der Waals surface area contributed by atoms with E-state index in [2.05, 4.69) is 5.32 Å². The number of hydrogen-bond acceptors (Lipinski definition) is 2. The van der Waals surface area contributed by atoms with Gasteiger partial charge in [-0.3, -0.25) is 9.48 Å². The van der Waals surface area contributed by atoms with E-state index in [1.165, 1.54) is 0 Å². The molecule has 4 aromatic rings. The van der Waals surface area contributed by atoms with Crippen molar-refractivity contribution in [1.82, 2.24) is 9.78 Å². The van der Waals surface area contributed by atoms with Crippen molar-refractivity contribution < 1.29 is 4.79 Å². The number of anilines is 1. The van der Waals surface area contributed by atoms with Gasteiger partial charge in [0.25, 0.3) is 5.91 Å². The first-order valence-electron chi connectivity index (χ1n) is 8.83. The van der Waals surface area contributed by atoms with Gasteiger partial charge in [-0.05, 0) is 17.7 Å². The molecule has 0 saturated carbocycles. The van der Waals surface area contributed by atoms with Crippen molar-refractivity contribution >= 4 is 11.6 Å². The molecule has 0 aliphatic carbocycles. The van der Waals surface area contributed by atoms with E-state index in [1.807, 2.05) is 102 Å². The predicted molar refractivity (Wildman–Crippen MR) is 108 cm³/mol. The molecular formula is C23H19N3O. The van der Waals surface area contributed by atoms with Crippen LogP contribution in [0.1, 0.15) is 15.9 Å². The third-order valence-corrected chi connectivity index (χ3v) is 4.27. The van der Waals surface area contributed by atoms with Gasteiger partial charge in [0.2, 0.25) is 0 Å². The lowest BCUT2D eigenvalue weighted by Gasteiger charge is -2.05. The van der Waals surface area contributed by atoms with E-state index >= 15 is 0 Å². The summed E-state index contributed by atoms with van der Waals surface area (Å²) in [6.45, 7) is 0.610. The quantitative estimate of drug-likeness (QED) is 0.557. The second-order valence-corrected chi connectivity index (χ2v) is 6.26. The largest absolute Gasteiger partial charge is 0.322 e. The Hall–Kier alpha value is -3.66. The Labute approximate surface area is 158 Å². The van der Waals surface area contributed by atoms with E-state index in [0.717, 1.165) is 16.8 Å². The first kappa shape index (κ1) is 16.8. The van der Waals surface area contributed by atoms with Crippen molar-refractivity contribution in [3.8, 4) is 11.3 Å². The molecule has 0 saturated heterocycles. The topological polar surface area (TPSA) is 46.9 Å². The van der Waals surface area contributed by atoms with Crippen LogP contribution in [0.15, 0.2) is 97.2 Å². The molecule has 1 N–H and O–H groups in total. The summed E-state index contributed by atoms with van der Waals surface area (Å²) in [4.78, 5) is 12.9. The molecule has 27 heavy (non-hydrogen) atoms. The standard InChI is InChI=1S/C23H19N3O/c27-23(24-20-14-8-3-9-15-20)21-17-26(16-18-10-4-1-5-11-18)25-22(21)19-12-6-2-7-13-19/h1-15,17H,16H2,(H,24,27). The molecule has 0 aliphatic heterocycles. The van der Waals surface area contributed by atoms with Gasteiger partial charge in [0, 0.05) is 17.4 Å². The molecule has 0 spiro atoms. The maximum absolute atomic E-state index is 12.9. The SMILES string of the molecule is O=C(Nc1ccccc1)c1cn(Cc2ccccc2)nc1-c1ccccc1. The van der Waals surface area contributed by atoms with Crippen molar-refractivity contribution in [1.29, 1.82) is 0 Å². The molecule has 1 aromatic heterocycles. The number of carbonyl (C=O) groups is 1. The van der Waals surface area contributed by atoms with Crippen LogP contribution in [0.2, 0.25) is 0 Å². The normalized spacial score (nSPS) is 10.5. The summed E-state index contributed by atoms with van der Waals surface area (Å²) in [6, 6.07) is 29.3. The highest BCUT2D eigenvalue weighted by atomic mass is 16.1. The molecule has 1 heterocycles. The van der Waals surface area contributed by atoms with Crippen molar-refractivity contribution in [2.45, 2.75) is 6.54 Å². The highest BCUT2D eigenvalue weighted by molar-refractivity contribution is 6.08. The summed E-state index contributed by atoms with van der Waals surface area (Å²) in [5.74, 6) is -0.167. The van der Waals surface area contributed by atoms with Crippen molar-refractivity contribution in [2.24, 2.45) is 0 Å². The number of benzene rings is 3. The molecule has 4 rings (SSSR count). The molecule has 132 valence electrons. The maximum atomic E-state index is 12.9. The zero-order valence-corrected chi connectivity index (χ0v) is 14.7.